The molecule has 1 aromatic rings. The molecule has 0 bridgehead atoms. The van der Waals surface area contributed by atoms with E-state index in [1.807, 2.05) is 25.1 Å². The van der Waals surface area contributed by atoms with Crippen LogP contribution in [0.4, 0.5) is 0 Å². The molecule has 0 atom stereocenters. The third-order valence-corrected chi connectivity index (χ3v) is 2.29. The molecule has 1 rings (SSSR count). The Kier molecular flexibility index (Phi) is 3.75. The van der Waals surface area contributed by atoms with Crippen molar-refractivity contribution in [1.29, 1.82) is 0 Å². The van der Waals surface area contributed by atoms with E-state index in [2.05, 4.69) is 26.1 Å². The van der Waals surface area contributed by atoms with Gasteiger partial charge in [0.05, 0.1) is 0 Å². The molecule has 0 unspecified atom stereocenters. The summed E-state index contributed by atoms with van der Waals surface area (Å²) in [6, 6.07) is 5.85. The molecule has 0 aliphatic rings. The summed E-state index contributed by atoms with van der Waals surface area (Å²) in [4.78, 5) is 0. The fourth-order valence-electron chi connectivity index (χ4n) is 1.43. The number of hydrogen-bond acceptors (Lipinski definition) is 2. The maximum atomic E-state index is 9.79. The number of phenolic OH excluding ortho intramolecular Hbond substituents is 1. The lowest BCUT2D eigenvalue weighted by Gasteiger charge is -2.19. The normalized spacial score (nSPS) is 11.7. The van der Waals surface area contributed by atoms with E-state index in [9.17, 15) is 5.11 Å². The van der Waals surface area contributed by atoms with E-state index in [0.29, 0.717) is 5.75 Å². The Balaban J connectivity index is 2.55. The van der Waals surface area contributed by atoms with Crippen molar-refractivity contribution >= 4 is 0 Å². The molecule has 2 heteroatoms. The third-order valence-electron chi connectivity index (χ3n) is 2.29. The minimum absolute atomic E-state index is 0.277. The molecule has 2 nitrogen and oxygen atoms in total. The zero-order chi connectivity index (χ0) is 11.5. The Labute approximate surface area is 92.3 Å². The average molecular weight is 207 g/mol. The molecule has 0 amide bonds. The molecule has 0 aromatic heterocycles. The highest BCUT2D eigenvalue weighted by Crippen LogP contribution is 2.21. The quantitative estimate of drug-likeness (QED) is 0.798. The van der Waals surface area contributed by atoms with Crippen LogP contribution in [-0.2, 0) is 6.54 Å². The fourth-order valence-corrected chi connectivity index (χ4v) is 1.43. The first-order valence-electron chi connectivity index (χ1n) is 5.38. The molecule has 0 radical (unpaired) electrons. The van der Waals surface area contributed by atoms with E-state index in [0.717, 1.165) is 24.2 Å². The molecular formula is C13H21NO. The van der Waals surface area contributed by atoms with Gasteiger partial charge in [0.15, 0.2) is 0 Å². The first-order chi connectivity index (χ1) is 6.90. The Morgan fingerprint density at radius 3 is 2.53 bits per heavy atom. The number of para-hydroxylation sites is 1. The van der Waals surface area contributed by atoms with Gasteiger partial charge in [0.2, 0.25) is 0 Å². The van der Waals surface area contributed by atoms with E-state index in [1.54, 1.807) is 0 Å². The number of rotatable bonds is 3. The third kappa shape index (κ3) is 3.92. The number of benzene rings is 1. The van der Waals surface area contributed by atoms with Crippen LogP contribution in [0.5, 0.6) is 5.75 Å². The van der Waals surface area contributed by atoms with Gasteiger partial charge in [0.25, 0.3) is 0 Å². The number of nitrogens with one attached hydrogen (secondary N) is 1. The lowest BCUT2D eigenvalue weighted by atomic mass is 9.97. The molecule has 0 saturated carbocycles. The Bertz CT molecular complexity index is 326. The lowest BCUT2D eigenvalue weighted by molar-refractivity contribution is 0.376. The zero-order valence-corrected chi connectivity index (χ0v) is 10.1. The molecule has 0 saturated heterocycles. The number of phenols is 1. The predicted octanol–water partition coefficient (Wildman–Crippen LogP) is 2.84. The number of hydrogen-bond donors (Lipinski definition) is 2. The van der Waals surface area contributed by atoms with Crippen molar-refractivity contribution in [2.75, 3.05) is 6.54 Å². The minimum Gasteiger partial charge on any atom is -0.507 e. The van der Waals surface area contributed by atoms with Gasteiger partial charge in [-0.05, 0) is 17.9 Å². The molecule has 15 heavy (non-hydrogen) atoms. The summed E-state index contributed by atoms with van der Waals surface area (Å²) in [6.45, 7) is 10.2. The summed E-state index contributed by atoms with van der Waals surface area (Å²) in [5.74, 6) is 0.416. The first-order valence-corrected chi connectivity index (χ1v) is 5.38. The molecule has 0 aliphatic carbocycles. The summed E-state index contributed by atoms with van der Waals surface area (Å²) < 4.78 is 0. The number of aryl methyl sites for hydroxylation is 1. The second kappa shape index (κ2) is 4.67. The SMILES string of the molecule is Cc1cccc(CNCC(C)(C)C)c1O. The highest BCUT2D eigenvalue weighted by atomic mass is 16.3. The Morgan fingerprint density at radius 1 is 1.27 bits per heavy atom. The van der Waals surface area contributed by atoms with Crippen LogP contribution in [-0.4, -0.2) is 11.7 Å². The molecule has 1 aromatic carbocycles. The molecule has 0 aliphatic heterocycles. The van der Waals surface area contributed by atoms with E-state index >= 15 is 0 Å². The number of aromatic hydroxyl groups is 1. The van der Waals surface area contributed by atoms with Crippen LogP contribution in [0.25, 0.3) is 0 Å². The monoisotopic (exact) mass is 207 g/mol. The van der Waals surface area contributed by atoms with Crippen LogP contribution >= 0.6 is 0 Å². The molecule has 84 valence electrons. The van der Waals surface area contributed by atoms with Crippen LogP contribution in [0.2, 0.25) is 0 Å². The van der Waals surface area contributed by atoms with Gasteiger partial charge in [-0.15, -0.1) is 0 Å². The van der Waals surface area contributed by atoms with Crippen LogP contribution < -0.4 is 5.32 Å². The van der Waals surface area contributed by atoms with Gasteiger partial charge in [-0.3, -0.25) is 0 Å². The highest BCUT2D eigenvalue weighted by molar-refractivity contribution is 5.39. The standard InChI is InChI=1S/C13H21NO/c1-10-6-5-7-11(12(10)15)8-14-9-13(2,3)4/h5-7,14-15H,8-9H2,1-4H3. The van der Waals surface area contributed by atoms with Crippen molar-refractivity contribution in [2.45, 2.75) is 34.2 Å². The molecule has 0 fully saturated rings. The van der Waals surface area contributed by atoms with Crippen molar-refractivity contribution in [2.24, 2.45) is 5.41 Å². The van der Waals surface area contributed by atoms with Crippen molar-refractivity contribution in [3.8, 4) is 5.75 Å². The lowest BCUT2D eigenvalue weighted by Crippen LogP contribution is -2.26. The van der Waals surface area contributed by atoms with E-state index in [4.69, 9.17) is 0 Å². The van der Waals surface area contributed by atoms with Gasteiger partial charge in [-0.1, -0.05) is 39.0 Å². The van der Waals surface area contributed by atoms with Crippen molar-refractivity contribution in [3.63, 3.8) is 0 Å². The zero-order valence-electron chi connectivity index (χ0n) is 10.1. The Morgan fingerprint density at radius 2 is 1.93 bits per heavy atom. The second-order valence-corrected chi connectivity index (χ2v) is 5.25. The van der Waals surface area contributed by atoms with Gasteiger partial charge in [0.1, 0.15) is 5.75 Å². The van der Waals surface area contributed by atoms with Crippen LogP contribution in [0.1, 0.15) is 31.9 Å². The topological polar surface area (TPSA) is 32.3 Å². The smallest absolute Gasteiger partial charge is 0.122 e. The van der Waals surface area contributed by atoms with Crippen molar-refractivity contribution in [1.82, 2.24) is 5.32 Å². The summed E-state index contributed by atoms with van der Waals surface area (Å²) in [7, 11) is 0. The molecular weight excluding hydrogens is 186 g/mol. The largest absolute Gasteiger partial charge is 0.507 e. The predicted molar refractivity (Wildman–Crippen MR) is 64.0 cm³/mol. The summed E-state index contributed by atoms with van der Waals surface area (Å²) in [6.07, 6.45) is 0. The van der Waals surface area contributed by atoms with Crippen molar-refractivity contribution < 1.29 is 5.11 Å². The maximum Gasteiger partial charge on any atom is 0.122 e. The van der Waals surface area contributed by atoms with Crippen LogP contribution in [0, 0.1) is 12.3 Å². The van der Waals surface area contributed by atoms with E-state index in [1.165, 1.54) is 0 Å². The maximum absolute atomic E-state index is 9.79. The van der Waals surface area contributed by atoms with Gasteiger partial charge in [-0.25, -0.2) is 0 Å². The van der Waals surface area contributed by atoms with Gasteiger partial charge in [0, 0.05) is 18.7 Å². The van der Waals surface area contributed by atoms with Gasteiger partial charge in [-0.2, -0.15) is 0 Å². The van der Waals surface area contributed by atoms with Crippen LogP contribution in [0.15, 0.2) is 18.2 Å². The van der Waals surface area contributed by atoms with Gasteiger partial charge >= 0.3 is 0 Å². The molecule has 2 N–H and O–H groups in total. The van der Waals surface area contributed by atoms with Crippen LogP contribution in [0.3, 0.4) is 0 Å². The summed E-state index contributed by atoms with van der Waals surface area (Å²) >= 11 is 0. The van der Waals surface area contributed by atoms with Crippen molar-refractivity contribution in [3.05, 3.63) is 29.3 Å². The van der Waals surface area contributed by atoms with E-state index in [-0.39, 0.29) is 5.41 Å². The van der Waals surface area contributed by atoms with E-state index < -0.39 is 0 Å². The highest BCUT2D eigenvalue weighted by Gasteiger charge is 2.10. The molecule has 0 spiro atoms. The second-order valence-electron chi connectivity index (χ2n) is 5.25. The molecule has 0 heterocycles. The average Bonchev–Trinajstić information content (AvgIpc) is 2.10. The Hall–Kier alpha value is -1.02. The van der Waals surface area contributed by atoms with Gasteiger partial charge < -0.3 is 10.4 Å². The fraction of sp³-hybridized carbons (Fsp3) is 0.538. The summed E-state index contributed by atoms with van der Waals surface area (Å²) in [5, 5.41) is 13.1. The summed E-state index contributed by atoms with van der Waals surface area (Å²) in [5.41, 5.74) is 2.18. The first kappa shape index (κ1) is 12.1. The minimum atomic E-state index is 0.277.